The molecule has 0 amide bonds. The summed E-state index contributed by atoms with van der Waals surface area (Å²) in [6, 6.07) is 18.8. The lowest BCUT2D eigenvalue weighted by atomic mass is 10.2. The average Bonchev–Trinajstić information content (AvgIpc) is 3.09. The van der Waals surface area contributed by atoms with E-state index in [4.69, 9.17) is 11.6 Å². The molecule has 0 saturated carbocycles. The zero-order chi connectivity index (χ0) is 18.6. The van der Waals surface area contributed by atoms with Crippen molar-refractivity contribution in [1.82, 2.24) is 19.6 Å². The van der Waals surface area contributed by atoms with E-state index in [1.165, 1.54) is 10.6 Å². The second-order valence-corrected chi connectivity index (χ2v) is 6.43. The molecule has 27 heavy (non-hydrogen) atoms. The monoisotopic (exact) mass is 380 g/mol. The number of nitrogens with zero attached hydrogens (tertiary/aromatic N) is 3. The quantitative estimate of drug-likeness (QED) is 0.477. The maximum atomic E-state index is 12.3. The van der Waals surface area contributed by atoms with Crippen LogP contribution in [0, 0.1) is 0 Å². The van der Waals surface area contributed by atoms with Gasteiger partial charge in [0.15, 0.2) is 0 Å². The molecule has 0 aliphatic rings. The molecule has 0 atom stereocenters. The maximum absolute atomic E-state index is 12.3. The first kappa shape index (κ1) is 17.1. The summed E-state index contributed by atoms with van der Waals surface area (Å²) in [6.07, 6.45) is 0. The molecule has 4 rings (SSSR count). The molecular weight excluding hydrogens is 364 g/mol. The third-order valence-electron chi connectivity index (χ3n) is 3.98. The van der Waals surface area contributed by atoms with Gasteiger partial charge in [-0.25, -0.2) is 4.98 Å². The number of anilines is 2. The fourth-order valence-electron chi connectivity index (χ4n) is 2.67. The Morgan fingerprint density at radius 3 is 2.63 bits per heavy atom. The van der Waals surface area contributed by atoms with Crippen molar-refractivity contribution in [2.75, 3.05) is 10.6 Å². The topological polar surface area (TPSA) is 87.1 Å². The van der Waals surface area contributed by atoms with Gasteiger partial charge in [-0.1, -0.05) is 48.0 Å². The molecule has 0 bridgehead atoms. The number of H-pyrrole nitrogens is 1. The van der Waals surface area contributed by atoms with Gasteiger partial charge < -0.3 is 10.6 Å². The van der Waals surface area contributed by atoms with Gasteiger partial charge in [-0.2, -0.15) is 9.50 Å². The van der Waals surface area contributed by atoms with Crippen LogP contribution in [0.3, 0.4) is 0 Å². The number of fused-ring (bicyclic) bond motifs is 1. The van der Waals surface area contributed by atoms with Crippen LogP contribution in [0.15, 0.2) is 65.5 Å². The van der Waals surface area contributed by atoms with Gasteiger partial charge in [-0.15, -0.1) is 0 Å². The van der Waals surface area contributed by atoms with Crippen LogP contribution < -0.4 is 16.2 Å². The van der Waals surface area contributed by atoms with E-state index < -0.39 is 0 Å². The summed E-state index contributed by atoms with van der Waals surface area (Å²) in [5, 5.41) is 9.93. The number of nitrogens with one attached hydrogen (secondary N) is 3. The van der Waals surface area contributed by atoms with Crippen LogP contribution in [-0.2, 0) is 13.1 Å². The van der Waals surface area contributed by atoms with E-state index in [1.807, 2.05) is 48.5 Å². The third-order valence-corrected chi connectivity index (χ3v) is 4.22. The fourth-order valence-corrected chi connectivity index (χ4v) is 2.86. The van der Waals surface area contributed by atoms with Gasteiger partial charge in [0.25, 0.3) is 11.3 Å². The summed E-state index contributed by atoms with van der Waals surface area (Å²) in [4.78, 5) is 21.1. The van der Waals surface area contributed by atoms with Gasteiger partial charge in [-0.3, -0.25) is 9.89 Å². The summed E-state index contributed by atoms with van der Waals surface area (Å²) in [7, 11) is 0. The Bertz CT molecular complexity index is 1120. The number of benzene rings is 2. The fraction of sp³-hybridized carbons (Fsp3) is 0.105. The molecule has 7 nitrogen and oxygen atoms in total. The van der Waals surface area contributed by atoms with Crippen LogP contribution in [0.1, 0.15) is 11.3 Å². The molecule has 4 aromatic rings. The van der Waals surface area contributed by atoms with Crippen molar-refractivity contribution in [3.63, 3.8) is 0 Å². The van der Waals surface area contributed by atoms with E-state index >= 15 is 0 Å². The minimum atomic E-state index is -0.219. The predicted octanol–water partition coefficient (Wildman–Crippen LogP) is 3.30. The van der Waals surface area contributed by atoms with Crippen LogP contribution in [0.4, 0.5) is 11.6 Å². The highest BCUT2D eigenvalue weighted by molar-refractivity contribution is 6.30. The standard InChI is InChI=1S/C19H17ClN6O/c20-14-7-4-8-15(9-14)21-12-16-10-17(27)26-19(23-16)24-18(25-26)22-11-13-5-2-1-3-6-13/h1-10,21H,11-12H2,(H2,22,23,24,25). The Morgan fingerprint density at radius 1 is 0.963 bits per heavy atom. The van der Waals surface area contributed by atoms with Crippen LogP contribution in [0.2, 0.25) is 5.02 Å². The van der Waals surface area contributed by atoms with E-state index in [-0.39, 0.29) is 5.56 Å². The second-order valence-electron chi connectivity index (χ2n) is 6.00. The maximum Gasteiger partial charge on any atom is 0.274 e. The van der Waals surface area contributed by atoms with Gasteiger partial charge in [0, 0.05) is 23.3 Å². The molecule has 2 aromatic carbocycles. The minimum absolute atomic E-state index is 0.219. The molecule has 0 saturated heterocycles. The summed E-state index contributed by atoms with van der Waals surface area (Å²) < 4.78 is 1.32. The first-order valence-electron chi connectivity index (χ1n) is 8.43. The van der Waals surface area contributed by atoms with Gasteiger partial charge in [0.2, 0.25) is 5.95 Å². The van der Waals surface area contributed by atoms with Gasteiger partial charge >= 0.3 is 0 Å². The molecule has 0 fully saturated rings. The molecule has 0 aliphatic carbocycles. The van der Waals surface area contributed by atoms with Crippen molar-refractivity contribution in [3.05, 3.63) is 87.3 Å². The number of aromatic nitrogens is 4. The van der Waals surface area contributed by atoms with Crippen molar-refractivity contribution in [3.8, 4) is 0 Å². The lowest BCUT2D eigenvalue weighted by Gasteiger charge is -2.05. The Balaban J connectivity index is 1.50. The Kier molecular flexibility index (Phi) is 4.76. The smallest absolute Gasteiger partial charge is 0.274 e. The zero-order valence-corrected chi connectivity index (χ0v) is 15.1. The minimum Gasteiger partial charge on any atom is -0.379 e. The molecule has 2 aromatic heterocycles. The summed E-state index contributed by atoms with van der Waals surface area (Å²) in [5.41, 5.74) is 2.35. The Hall–Kier alpha value is -3.32. The Morgan fingerprint density at radius 2 is 1.81 bits per heavy atom. The number of hydrogen-bond donors (Lipinski definition) is 3. The summed E-state index contributed by atoms with van der Waals surface area (Å²) in [5.74, 6) is 0.810. The van der Waals surface area contributed by atoms with Crippen molar-refractivity contribution >= 4 is 29.0 Å². The van der Waals surface area contributed by atoms with Crippen LogP contribution >= 0.6 is 11.6 Å². The normalized spacial score (nSPS) is 10.9. The Labute approximate surface area is 160 Å². The lowest BCUT2D eigenvalue weighted by Crippen LogP contribution is -2.17. The molecule has 0 aliphatic heterocycles. The highest BCUT2D eigenvalue weighted by Crippen LogP contribution is 2.15. The van der Waals surface area contributed by atoms with Crippen LogP contribution in [-0.4, -0.2) is 19.6 Å². The van der Waals surface area contributed by atoms with Gasteiger partial charge in [0.05, 0.1) is 12.2 Å². The van der Waals surface area contributed by atoms with E-state index in [0.717, 1.165) is 11.3 Å². The zero-order valence-electron chi connectivity index (χ0n) is 14.3. The van der Waals surface area contributed by atoms with E-state index in [2.05, 4.69) is 25.7 Å². The number of rotatable bonds is 6. The van der Waals surface area contributed by atoms with Crippen molar-refractivity contribution in [1.29, 1.82) is 0 Å². The third kappa shape index (κ3) is 4.09. The number of aromatic amines is 1. The van der Waals surface area contributed by atoms with Crippen LogP contribution in [0.25, 0.3) is 5.78 Å². The van der Waals surface area contributed by atoms with Gasteiger partial charge in [0.1, 0.15) is 0 Å². The van der Waals surface area contributed by atoms with Gasteiger partial charge in [-0.05, 0) is 23.8 Å². The molecule has 136 valence electrons. The first-order chi connectivity index (χ1) is 13.2. The van der Waals surface area contributed by atoms with Crippen molar-refractivity contribution < 1.29 is 0 Å². The van der Waals surface area contributed by atoms with Crippen LogP contribution in [0.5, 0.6) is 0 Å². The highest BCUT2D eigenvalue weighted by atomic mass is 35.5. The van der Waals surface area contributed by atoms with E-state index in [0.29, 0.717) is 35.5 Å². The molecule has 0 unspecified atom stereocenters. The predicted molar refractivity (Wildman–Crippen MR) is 106 cm³/mol. The molecular formula is C19H17ClN6O. The number of hydrogen-bond acceptors (Lipinski definition) is 5. The summed E-state index contributed by atoms with van der Waals surface area (Å²) >= 11 is 5.98. The molecule has 2 heterocycles. The molecule has 3 N–H and O–H groups in total. The van der Waals surface area contributed by atoms with Crippen molar-refractivity contribution in [2.24, 2.45) is 0 Å². The number of halogens is 1. The largest absolute Gasteiger partial charge is 0.379 e. The second kappa shape index (κ2) is 7.51. The lowest BCUT2D eigenvalue weighted by molar-refractivity contribution is 0.874. The first-order valence-corrected chi connectivity index (χ1v) is 8.81. The molecule has 0 radical (unpaired) electrons. The SMILES string of the molecule is O=c1cc(CNc2cccc(Cl)c2)nc2nc(NCc3ccccc3)[nH]n12. The summed E-state index contributed by atoms with van der Waals surface area (Å²) in [6.45, 7) is 0.990. The van der Waals surface area contributed by atoms with E-state index in [9.17, 15) is 4.79 Å². The highest BCUT2D eigenvalue weighted by Gasteiger charge is 2.08. The van der Waals surface area contributed by atoms with Crippen molar-refractivity contribution in [2.45, 2.75) is 13.1 Å². The average molecular weight is 381 g/mol. The molecule has 0 spiro atoms. The van der Waals surface area contributed by atoms with E-state index in [1.54, 1.807) is 6.07 Å². The molecule has 8 heteroatoms.